The molecule has 5 atom stereocenters. The molecule has 4 aliphatic heterocycles. The Labute approximate surface area is 398 Å². The van der Waals surface area contributed by atoms with Crippen LogP contribution in [0.25, 0.3) is 0 Å². The molecule has 3 aromatic rings. The van der Waals surface area contributed by atoms with Gasteiger partial charge in [-0.05, 0) is 113 Å². The Kier molecular flexibility index (Phi) is 24.9. The van der Waals surface area contributed by atoms with Crippen LogP contribution in [-0.2, 0) is 42.5 Å². The Balaban J connectivity index is 0.000000237. The third kappa shape index (κ3) is 18.2. The van der Waals surface area contributed by atoms with Crippen molar-refractivity contribution >= 4 is 70.0 Å². The van der Waals surface area contributed by atoms with Gasteiger partial charge in [0.15, 0.2) is 0 Å². The fourth-order valence-electron chi connectivity index (χ4n) is 8.50. The number of nitriles is 1. The zero-order valence-corrected chi connectivity index (χ0v) is 41.3. The second-order valence-corrected chi connectivity index (χ2v) is 19.8. The number of nitrogens with zero attached hydrogens (tertiary/aromatic N) is 7. The third-order valence-corrected chi connectivity index (χ3v) is 14.8. The van der Waals surface area contributed by atoms with E-state index < -0.39 is 0 Å². The monoisotopic (exact) mass is 970 g/mol. The number of anilines is 2. The van der Waals surface area contributed by atoms with Gasteiger partial charge in [-0.25, -0.2) is 5.10 Å². The lowest BCUT2D eigenvalue weighted by molar-refractivity contribution is -0.107. The Morgan fingerprint density at radius 1 is 0.857 bits per heavy atom. The number of aromatic nitrogens is 3. The van der Waals surface area contributed by atoms with Gasteiger partial charge in [-0.3, -0.25) is 9.80 Å². The van der Waals surface area contributed by atoms with Crippen molar-refractivity contribution in [3.8, 4) is 6.19 Å². The van der Waals surface area contributed by atoms with Gasteiger partial charge in [0.05, 0.1) is 43.7 Å². The quantitative estimate of drug-likeness (QED) is 0.138. The summed E-state index contributed by atoms with van der Waals surface area (Å²) < 4.78 is 27.1. The van der Waals surface area contributed by atoms with Gasteiger partial charge in [-0.2, -0.15) is 26.4 Å². The number of morpholine rings is 2. The number of thioether (sulfide) groups is 1. The maximum absolute atomic E-state index is 8.04. The van der Waals surface area contributed by atoms with Gasteiger partial charge in [0.2, 0.25) is 18.1 Å². The van der Waals surface area contributed by atoms with Gasteiger partial charge in [0.1, 0.15) is 0 Å². The first-order valence-corrected chi connectivity index (χ1v) is 25.8. The van der Waals surface area contributed by atoms with Gasteiger partial charge in [0.25, 0.3) is 0 Å². The van der Waals surface area contributed by atoms with Crippen LogP contribution in [-0.4, -0.2) is 158 Å². The smallest absolute Gasteiger partial charge is 0.246 e. The summed E-state index contributed by atoms with van der Waals surface area (Å²) in [6, 6.07) is 18.3. The van der Waals surface area contributed by atoms with Crippen LogP contribution in [0.2, 0.25) is 10.0 Å². The largest absolute Gasteiger partial charge is 0.379 e. The molecular weight excluding hydrogens is 903 g/mol. The number of hydrogen-bond donors (Lipinski definition) is 3. The maximum Gasteiger partial charge on any atom is 0.246 e. The van der Waals surface area contributed by atoms with E-state index in [1.54, 1.807) is 18.0 Å². The van der Waals surface area contributed by atoms with Crippen LogP contribution in [0.4, 0.5) is 11.9 Å². The topological polar surface area (TPSA) is 162 Å². The van der Waals surface area contributed by atoms with Gasteiger partial charge < -0.3 is 34.9 Å². The van der Waals surface area contributed by atoms with E-state index in [4.69, 9.17) is 53.1 Å². The summed E-state index contributed by atoms with van der Waals surface area (Å²) in [5.41, 5.74) is 8.30. The lowest BCUT2D eigenvalue weighted by Crippen LogP contribution is -2.58. The lowest BCUT2D eigenvalue weighted by atomic mass is 9.96. The summed E-state index contributed by atoms with van der Waals surface area (Å²) in [5.74, 6) is 1.06. The zero-order chi connectivity index (χ0) is 44.1. The van der Waals surface area contributed by atoms with Crippen molar-refractivity contribution in [2.45, 2.75) is 88.7 Å². The van der Waals surface area contributed by atoms with Crippen molar-refractivity contribution in [2.24, 2.45) is 4.36 Å². The van der Waals surface area contributed by atoms with Gasteiger partial charge in [-0.1, -0.05) is 58.2 Å². The average molecular weight is 973 g/mol. The van der Waals surface area contributed by atoms with Crippen molar-refractivity contribution in [2.75, 3.05) is 107 Å². The van der Waals surface area contributed by atoms with Crippen LogP contribution >= 0.6 is 47.4 Å². The molecule has 4 N–H and O–H groups in total. The minimum atomic E-state index is -0.0432. The van der Waals surface area contributed by atoms with Crippen LogP contribution in [0.15, 0.2) is 52.9 Å². The maximum atomic E-state index is 8.04. The molecule has 0 bridgehead atoms. The molecule has 63 heavy (non-hydrogen) atoms. The number of piperidine rings is 2. The summed E-state index contributed by atoms with van der Waals surface area (Å²) >= 11 is 13.8. The van der Waals surface area contributed by atoms with E-state index in [2.05, 4.69) is 63.8 Å². The van der Waals surface area contributed by atoms with E-state index in [-0.39, 0.29) is 35.3 Å². The third-order valence-electron chi connectivity index (χ3n) is 11.6. The predicted molar refractivity (Wildman–Crippen MR) is 263 cm³/mol. The summed E-state index contributed by atoms with van der Waals surface area (Å²) in [5, 5.41) is 21.0. The molecule has 1 aromatic heterocycles. The molecule has 0 radical (unpaired) electrons. The number of nitrogens with one attached hydrogen (secondary N) is 2. The van der Waals surface area contributed by atoms with Crippen molar-refractivity contribution in [1.29, 1.82) is 5.26 Å². The second kappa shape index (κ2) is 29.4. The highest BCUT2D eigenvalue weighted by Crippen LogP contribution is 2.28. The van der Waals surface area contributed by atoms with Crippen LogP contribution < -0.4 is 16.0 Å². The second-order valence-electron chi connectivity index (χ2n) is 16.0. The molecule has 4 aliphatic rings. The predicted octanol–water partition coefficient (Wildman–Crippen LogP) is 6.74. The molecule has 0 spiro atoms. The SMILES string of the molecule is CCOC[C@H]1CN(C2CCN(c3n[nH]c(N)n3)CC2)C(Cc2ccc(Cl)cc2)CO1.CCOC[C@H]1CN(C2CCNCC2)C(Cc2ccc(Cl)cc2)CO1.CSCS(C)=NC#N.Cl. The fraction of sp³-hybridized carbons (Fsp3) is 0.659. The molecule has 19 heteroatoms. The highest BCUT2D eigenvalue weighted by molar-refractivity contribution is 8.10. The molecule has 0 aliphatic carbocycles. The standard InChI is InChI=1S/C21H31ClN6O2.C19H29ClN2O2.C4H8N2S2.ClH/c1-2-29-14-19-12-28(18(13-30-19)11-15-3-5-16(22)6-4-15)17-7-9-27(10-8-17)21-24-20(23)25-26-21;1-2-23-14-19-12-22(17-7-9-21-10-8-17)18(13-24-19)11-15-3-5-16(20)6-4-15;1-7-4-8(2)6-3-5;/h3-6,17-19H,2,7-14H2,1H3,(H3,23,24,25,26);3-6,17-19,21H,2,7-14H2,1H3;4H2,1-2H3;1H/t2*18?,19-;;/m11../s1. The van der Waals surface area contributed by atoms with Crippen molar-refractivity contribution in [3.05, 3.63) is 69.7 Å². The van der Waals surface area contributed by atoms with Crippen LogP contribution in [0.5, 0.6) is 0 Å². The average Bonchev–Trinajstić information content (AvgIpc) is 3.74. The fourth-order valence-corrected chi connectivity index (χ4v) is 10.5. The molecule has 14 nitrogen and oxygen atoms in total. The van der Waals surface area contributed by atoms with E-state index >= 15 is 0 Å². The Bertz CT molecular complexity index is 1780. The minimum absolute atomic E-state index is 0. The van der Waals surface area contributed by atoms with Crippen molar-refractivity contribution in [1.82, 2.24) is 30.3 Å². The van der Waals surface area contributed by atoms with Gasteiger partial charge in [-0.15, -0.1) is 17.5 Å². The molecule has 0 saturated carbocycles. The number of benzene rings is 2. The number of hydrogen-bond acceptors (Lipinski definition) is 14. The Hall–Kier alpha value is -2.24. The van der Waals surface area contributed by atoms with Crippen LogP contribution in [0, 0.1) is 11.5 Å². The van der Waals surface area contributed by atoms with Crippen LogP contribution in [0.1, 0.15) is 50.7 Å². The number of rotatable bonds is 15. The Morgan fingerprint density at radius 3 is 1.78 bits per heavy atom. The van der Waals surface area contributed by atoms with Crippen molar-refractivity contribution in [3.63, 3.8) is 0 Å². The first-order chi connectivity index (χ1) is 30.2. The summed E-state index contributed by atoms with van der Waals surface area (Å²) in [4.78, 5) is 11.8. The van der Waals surface area contributed by atoms with E-state index in [9.17, 15) is 0 Å². The summed E-state index contributed by atoms with van der Waals surface area (Å²) in [6.45, 7) is 14.3. The number of halogens is 3. The number of ether oxygens (including phenoxy) is 4. The van der Waals surface area contributed by atoms with Gasteiger partial charge >= 0.3 is 0 Å². The summed E-state index contributed by atoms with van der Waals surface area (Å²) in [6.07, 6.45) is 12.6. The molecule has 5 heterocycles. The lowest BCUT2D eigenvalue weighted by Gasteiger charge is -2.46. The minimum Gasteiger partial charge on any atom is -0.379 e. The molecular formula is C44H69Cl3N10O4S2. The normalized spacial score (nSPS) is 23.1. The highest BCUT2D eigenvalue weighted by atomic mass is 35.5. The van der Waals surface area contributed by atoms with E-state index in [0.717, 1.165) is 99.9 Å². The first-order valence-electron chi connectivity index (χ1n) is 21.9. The molecule has 352 valence electrons. The number of aromatic amines is 1. The Morgan fingerprint density at radius 2 is 1.35 bits per heavy atom. The number of nitrogen functional groups attached to an aromatic ring is 1. The molecule has 4 saturated heterocycles. The molecule has 3 unspecified atom stereocenters. The zero-order valence-electron chi connectivity index (χ0n) is 37.3. The summed E-state index contributed by atoms with van der Waals surface area (Å²) in [7, 11) is -0.0432. The van der Waals surface area contributed by atoms with Crippen LogP contribution in [0.3, 0.4) is 0 Å². The highest BCUT2D eigenvalue weighted by Gasteiger charge is 2.37. The molecule has 0 amide bonds. The molecule has 4 fully saturated rings. The molecule has 7 rings (SSSR count). The number of nitrogens with two attached hydrogens (primary N) is 1. The van der Waals surface area contributed by atoms with E-state index in [0.29, 0.717) is 55.9 Å². The number of H-pyrrole nitrogens is 1. The van der Waals surface area contributed by atoms with Crippen molar-refractivity contribution < 1.29 is 18.9 Å². The van der Waals surface area contributed by atoms with E-state index in [1.165, 1.54) is 24.0 Å². The van der Waals surface area contributed by atoms with E-state index in [1.807, 2.05) is 50.6 Å². The molecule has 2 aromatic carbocycles. The van der Waals surface area contributed by atoms with Gasteiger partial charge in [0, 0.05) is 73.6 Å². The first kappa shape index (κ1) is 53.4.